The molecule has 0 bridgehead atoms. The molecule has 2 aromatic carbocycles. The molecular formula is C27H32ClN7O7S. The number of aryl methyl sites for hydroxylation is 1. The highest BCUT2D eigenvalue weighted by Gasteiger charge is 2.21. The lowest BCUT2D eigenvalue weighted by molar-refractivity contribution is -0.756. The molecule has 0 aliphatic carbocycles. The average Bonchev–Trinajstić information content (AvgIpc) is 3.29. The molecule has 230 valence electrons. The average molecular weight is 634 g/mol. The summed E-state index contributed by atoms with van der Waals surface area (Å²) in [5.74, 6) is 5.93. The predicted molar refractivity (Wildman–Crippen MR) is 162 cm³/mol. The second-order valence-corrected chi connectivity index (χ2v) is 10.6. The third-order valence-corrected chi connectivity index (χ3v) is 7.22. The monoisotopic (exact) mass is 633 g/mol. The summed E-state index contributed by atoms with van der Waals surface area (Å²) in [4.78, 5) is 42.7. The van der Waals surface area contributed by atoms with E-state index in [4.69, 9.17) is 27.9 Å². The number of amidine groups is 1. The van der Waals surface area contributed by atoms with Crippen molar-refractivity contribution in [1.82, 2.24) is 14.7 Å². The Morgan fingerprint density at radius 3 is 2.56 bits per heavy atom. The van der Waals surface area contributed by atoms with Crippen LogP contribution >= 0.6 is 23.4 Å². The van der Waals surface area contributed by atoms with Crippen molar-refractivity contribution in [2.75, 3.05) is 24.7 Å². The second-order valence-electron chi connectivity index (χ2n) is 9.02. The number of rotatable bonds is 16. The summed E-state index contributed by atoms with van der Waals surface area (Å²) in [7, 11) is 0. The number of benzene rings is 2. The van der Waals surface area contributed by atoms with Crippen LogP contribution in [0.25, 0.3) is 11.1 Å². The number of hydrogen-bond donors (Lipinski definition) is 3. The lowest BCUT2D eigenvalue weighted by atomic mass is 9.98. The van der Waals surface area contributed by atoms with Crippen molar-refractivity contribution < 1.29 is 29.4 Å². The highest BCUT2D eigenvalue weighted by Crippen LogP contribution is 2.26. The molecule has 14 nitrogen and oxygen atoms in total. The van der Waals surface area contributed by atoms with Crippen molar-refractivity contribution in [3.8, 4) is 11.1 Å². The third-order valence-electron chi connectivity index (χ3n) is 6.05. The Morgan fingerprint density at radius 1 is 1.19 bits per heavy atom. The van der Waals surface area contributed by atoms with Gasteiger partial charge in [-0.25, -0.2) is 20.4 Å². The van der Waals surface area contributed by atoms with Gasteiger partial charge >= 0.3 is 12.1 Å². The molecule has 0 saturated carbocycles. The molecule has 0 saturated heterocycles. The molecule has 1 heterocycles. The van der Waals surface area contributed by atoms with Gasteiger partial charge < -0.3 is 25.0 Å². The van der Waals surface area contributed by atoms with Crippen molar-refractivity contribution in [1.29, 1.82) is 0 Å². The molecule has 16 heteroatoms. The molecule has 0 unspecified atom stereocenters. The van der Waals surface area contributed by atoms with E-state index < -0.39 is 17.1 Å². The molecule has 3 rings (SSSR count). The van der Waals surface area contributed by atoms with E-state index in [1.165, 1.54) is 11.8 Å². The molecular weight excluding hydrogens is 602 g/mol. The van der Waals surface area contributed by atoms with Gasteiger partial charge in [0.15, 0.2) is 16.7 Å². The van der Waals surface area contributed by atoms with Gasteiger partial charge in [0.05, 0.1) is 0 Å². The molecule has 0 fully saturated rings. The van der Waals surface area contributed by atoms with Gasteiger partial charge in [-0.1, -0.05) is 73.5 Å². The van der Waals surface area contributed by atoms with Gasteiger partial charge in [0, 0.05) is 30.0 Å². The van der Waals surface area contributed by atoms with E-state index in [-0.39, 0.29) is 36.4 Å². The predicted octanol–water partition coefficient (Wildman–Crippen LogP) is 4.17. The zero-order chi connectivity index (χ0) is 31.4. The number of unbranched alkanes of at least 4 members (excludes halogenated alkanes) is 1. The molecule has 5 N–H and O–H groups in total. The number of hydrazone groups is 1. The second kappa shape index (κ2) is 16.3. The van der Waals surface area contributed by atoms with Gasteiger partial charge in [-0.2, -0.15) is 11.8 Å². The highest BCUT2D eigenvalue weighted by molar-refractivity contribution is 7.99. The number of nitrogens with two attached hydrogens (primary N) is 2. The molecule has 0 aliphatic rings. The lowest BCUT2D eigenvalue weighted by Crippen LogP contribution is -2.36. The van der Waals surface area contributed by atoms with Crippen LogP contribution in [0.2, 0.25) is 5.15 Å². The zero-order valence-corrected chi connectivity index (χ0v) is 24.9. The Bertz CT molecular complexity index is 1450. The van der Waals surface area contributed by atoms with Crippen LogP contribution in [-0.2, 0) is 22.5 Å². The first-order valence-corrected chi connectivity index (χ1v) is 14.7. The topological polar surface area (TPSA) is 201 Å². The number of carboxylic acid groups (broad SMARTS) is 1. The van der Waals surface area contributed by atoms with Crippen molar-refractivity contribution in [3.05, 3.63) is 86.4 Å². The van der Waals surface area contributed by atoms with Crippen LogP contribution in [0.5, 0.6) is 0 Å². The maximum absolute atomic E-state index is 12.2. The van der Waals surface area contributed by atoms with E-state index >= 15 is 0 Å². The standard InChI is InChI=1S/C27H32ClN7O7S/c1-2-3-8-22-31-24(28)23(26(36)37)33(22)17-18-9-11-19(12-10-18)20-6-4-5-7-21(20)25(29)32-34(30)27(38)41-13-15-43-16-14-42-35(39)40/h4-7,9-12H,2-3,8,13-17,30H2,1H3,(H2,29,32)(H,36,37). The van der Waals surface area contributed by atoms with Crippen LogP contribution in [0.4, 0.5) is 4.79 Å². The van der Waals surface area contributed by atoms with Crippen molar-refractivity contribution in [3.63, 3.8) is 0 Å². The van der Waals surface area contributed by atoms with Crippen LogP contribution in [0.3, 0.4) is 0 Å². The number of carbonyl (C=O) groups excluding carboxylic acids is 1. The maximum atomic E-state index is 12.2. The molecule has 0 atom stereocenters. The van der Waals surface area contributed by atoms with Gasteiger partial charge in [0.2, 0.25) is 0 Å². The number of hydrogen-bond acceptors (Lipinski definition) is 10. The Hall–Kier alpha value is -4.34. The number of carboxylic acids is 1. The number of ether oxygens (including phenoxy) is 1. The van der Waals surface area contributed by atoms with Crippen LogP contribution < -0.4 is 11.6 Å². The van der Waals surface area contributed by atoms with Gasteiger partial charge in [0.1, 0.15) is 19.0 Å². The normalized spacial score (nSPS) is 11.3. The number of hydrazine groups is 1. The van der Waals surface area contributed by atoms with Crippen molar-refractivity contribution >= 4 is 41.3 Å². The molecule has 0 spiro atoms. The van der Waals surface area contributed by atoms with Gasteiger partial charge in [-0.3, -0.25) is 0 Å². The highest BCUT2D eigenvalue weighted by atomic mass is 35.5. The molecule has 1 aromatic heterocycles. The van der Waals surface area contributed by atoms with E-state index in [0.29, 0.717) is 34.4 Å². The van der Waals surface area contributed by atoms with Gasteiger partial charge in [-0.15, -0.1) is 20.3 Å². The molecule has 43 heavy (non-hydrogen) atoms. The van der Waals surface area contributed by atoms with Crippen LogP contribution in [0, 0.1) is 10.1 Å². The summed E-state index contributed by atoms with van der Waals surface area (Å²) in [6.07, 6.45) is 1.47. The fraction of sp³-hybridized carbons (Fsp3) is 0.333. The first-order valence-electron chi connectivity index (χ1n) is 13.2. The first kappa shape index (κ1) is 33.2. The third kappa shape index (κ3) is 9.59. The fourth-order valence-electron chi connectivity index (χ4n) is 4.03. The van der Waals surface area contributed by atoms with E-state index in [1.807, 2.05) is 43.3 Å². The Labute approximate surface area is 256 Å². The number of aromatic carboxylic acids is 1. The minimum absolute atomic E-state index is 0.00730. The number of carbonyl (C=O) groups is 2. The maximum Gasteiger partial charge on any atom is 0.445 e. The minimum Gasteiger partial charge on any atom is -0.476 e. The Balaban J connectivity index is 1.69. The molecule has 1 amide bonds. The number of halogens is 1. The van der Waals surface area contributed by atoms with Crippen molar-refractivity contribution in [2.45, 2.75) is 32.7 Å². The lowest BCUT2D eigenvalue weighted by Gasteiger charge is -2.14. The SMILES string of the molecule is CCCCc1nc(Cl)c(C(=O)O)n1Cc1ccc(-c2ccccc2/C(N)=N/N(N)C(=O)OCCSCCO[N+](=O)[O-])cc1. The first-order chi connectivity index (χ1) is 20.6. The number of aromatic nitrogens is 2. The Kier molecular flexibility index (Phi) is 12.6. The summed E-state index contributed by atoms with van der Waals surface area (Å²) in [5, 5.41) is 23.4. The van der Waals surface area contributed by atoms with E-state index in [2.05, 4.69) is 14.9 Å². The number of thioether (sulfide) groups is 1. The smallest absolute Gasteiger partial charge is 0.445 e. The number of imidazole rings is 1. The number of amides is 1. The van der Waals surface area contributed by atoms with E-state index in [0.717, 1.165) is 29.5 Å². The van der Waals surface area contributed by atoms with Crippen LogP contribution in [0.15, 0.2) is 53.6 Å². The summed E-state index contributed by atoms with van der Waals surface area (Å²) in [6, 6.07) is 14.7. The van der Waals surface area contributed by atoms with Gasteiger partial charge in [-0.05, 0) is 23.1 Å². The summed E-state index contributed by atoms with van der Waals surface area (Å²) < 4.78 is 6.68. The number of nitrogens with zero attached hydrogens (tertiary/aromatic N) is 5. The zero-order valence-electron chi connectivity index (χ0n) is 23.3. The largest absolute Gasteiger partial charge is 0.476 e. The van der Waals surface area contributed by atoms with Gasteiger partial charge in [0.25, 0.3) is 5.09 Å². The summed E-state index contributed by atoms with van der Waals surface area (Å²) in [5.41, 5.74) is 9.06. The van der Waals surface area contributed by atoms with Crippen LogP contribution in [-0.4, -0.2) is 67.5 Å². The Morgan fingerprint density at radius 2 is 1.88 bits per heavy atom. The molecule has 0 aliphatic heterocycles. The van der Waals surface area contributed by atoms with Crippen molar-refractivity contribution in [2.24, 2.45) is 16.7 Å². The van der Waals surface area contributed by atoms with E-state index in [1.54, 1.807) is 16.7 Å². The van der Waals surface area contributed by atoms with E-state index in [9.17, 15) is 24.8 Å². The summed E-state index contributed by atoms with van der Waals surface area (Å²) in [6.45, 7) is 2.26. The fourth-order valence-corrected chi connectivity index (χ4v) is 4.91. The minimum atomic E-state index is -1.14. The molecule has 3 aromatic rings. The summed E-state index contributed by atoms with van der Waals surface area (Å²) >= 11 is 7.46. The van der Waals surface area contributed by atoms with Crippen LogP contribution in [0.1, 0.15) is 47.2 Å². The molecule has 0 radical (unpaired) electrons. The quantitative estimate of drug-likeness (QED) is 0.0388.